The zero-order valence-electron chi connectivity index (χ0n) is 18.6. The maximum absolute atomic E-state index is 12.4. The lowest BCUT2D eigenvalue weighted by molar-refractivity contribution is -0.151. The summed E-state index contributed by atoms with van der Waals surface area (Å²) in [5, 5.41) is 10.3. The molecule has 0 amide bonds. The number of ether oxygens (including phenoxy) is 2. The van der Waals surface area contributed by atoms with Crippen molar-refractivity contribution in [2.24, 2.45) is 0 Å². The first-order valence-corrected chi connectivity index (χ1v) is 12.3. The first kappa shape index (κ1) is 25.4. The molecular weight excluding hydrogens is 489 g/mol. The lowest BCUT2D eigenvalue weighted by Crippen LogP contribution is -2.47. The zero-order chi connectivity index (χ0) is 25.5. The number of phosphoric ester groups is 1. The number of hydrogen-bond acceptors (Lipinski definition) is 10. The molecule has 2 aromatic heterocycles. The molecular formula is C19H26N5O10P. The number of nitrogens with one attached hydrogen (secondary N) is 1. The quantitative estimate of drug-likeness (QED) is 0.277. The van der Waals surface area contributed by atoms with Crippen LogP contribution in [-0.2, 0) is 18.6 Å². The third kappa shape index (κ3) is 5.30. The van der Waals surface area contributed by atoms with Gasteiger partial charge in [-0.3, -0.25) is 23.4 Å². The van der Waals surface area contributed by atoms with Crippen molar-refractivity contribution >= 4 is 13.6 Å². The van der Waals surface area contributed by atoms with Crippen molar-refractivity contribution in [3.05, 3.63) is 55.3 Å². The van der Waals surface area contributed by atoms with Gasteiger partial charge < -0.3 is 30.1 Å². The molecule has 16 heteroatoms. The van der Waals surface area contributed by atoms with E-state index >= 15 is 0 Å². The summed E-state index contributed by atoms with van der Waals surface area (Å²) in [4.78, 5) is 61.0. The third-order valence-corrected chi connectivity index (χ3v) is 6.71. The molecule has 0 aromatic carbocycles. The molecule has 5 atom stereocenters. The van der Waals surface area contributed by atoms with Gasteiger partial charge in [0, 0.05) is 30.8 Å². The molecule has 2 aliphatic rings. The van der Waals surface area contributed by atoms with Crippen LogP contribution < -0.4 is 22.7 Å². The summed E-state index contributed by atoms with van der Waals surface area (Å²) in [7, 11) is -5.01. The van der Waals surface area contributed by atoms with Crippen molar-refractivity contribution in [3.8, 4) is 0 Å². The summed E-state index contributed by atoms with van der Waals surface area (Å²) in [5.74, 6) is 0.0654. The maximum Gasteiger partial charge on any atom is 0.469 e. The normalized spacial score (nSPS) is 29.0. The number of nitrogens with zero attached hydrogens (tertiary/aromatic N) is 3. The molecule has 192 valence electrons. The van der Waals surface area contributed by atoms with E-state index in [-0.39, 0.29) is 24.2 Å². The van der Waals surface area contributed by atoms with Gasteiger partial charge in [-0.25, -0.2) is 14.2 Å². The Bertz CT molecular complexity index is 1320. The van der Waals surface area contributed by atoms with Gasteiger partial charge in [-0.2, -0.15) is 4.98 Å². The number of H-pyrrole nitrogens is 1. The summed E-state index contributed by atoms with van der Waals surface area (Å²) < 4.78 is 30.9. The first-order valence-electron chi connectivity index (χ1n) is 10.8. The van der Waals surface area contributed by atoms with Crippen LogP contribution in [0.3, 0.4) is 0 Å². The highest BCUT2D eigenvalue weighted by Crippen LogP contribution is 2.50. The molecule has 15 nitrogen and oxygen atoms in total. The van der Waals surface area contributed by atoms with E-state index < -0.39 is 61.6 Å². The Hall–Kier alpha value is -2.65. The Morgan fingerprint density at radius 3 is 2.69 bits per heavy atom. The summed E-state index contributed by atoms with van der Waals surface area (Å²) in [6.07, 6.45) is -0.371. The predicted octanol–water partition coefficient (Wildman–Crippen LogP) is -1.12. The van der Waals surface area contributed by atoms with E-state index in [1.165, 1.54) is 30.0 Å². The number of rotatable bonds is 7. The number of aliphatic hydroxyl groups is 1. The van der Waals surface area contributed by atoms with Crippen molar-refractivity contribution in [2.75, 3.05) is 12.3 Å². The second kappa shape index (κ2) is 9.43. The first-order chi connectivity index (χ1) is 16.4. The highest BCUT2D eigenvalue weighted by Gasteiger charge is 2.54. The van der Waals surface area contributed by atoms with Gasteiger partial charge in [0.1, 0.15) is 30.0 Å². The fourth-order valence-electron chi connectivity index (χ4n) is 4.52. The van der Waals surface area contributed by atoms with E-state index in [9.17, 15) is 33.8 Å². The average molecular weight is 515 g/mol. The number of nitrogen functional groups attached to an aromatic ring is 1. The SMILES string of the molecule is Cc1cn([C@H]2C[C@H](OP(=O)(O)O)[C@](CO)(C[C@@H]3CC[C@H](n4ccc(N)nc4=O)O3)O2)c(=O)[nH]c1=O. The smallest absolute Gasteiger partial charge is 0.393 e. The van der Waals surface area contributed by atoms with Crippen molar-refractivity contribution in [1.82, 2.24) is 19.1 Å². The minimum absolute atomic E-state index is 0.0601. The maximum atomic E-state index is 12.4. The van der Waals surface area contributed by atoms with Gasteiger partial charge in [-0.05, 0) is 25.8 Å². The Balaban J connectivity index is 1.60. The van der Waals surface area contributed by atoms with E-state index in [1.807, 2.05) is 0 Å². The standard InChI is InChI=1S/C19H26N5O10P/c1-10-8-24(18(28)22-16(10)26)15-6-12(34-35(29,30)31)19(9-25,33-15)7-11-2-3-14(32-11)23-5-4-13(20)21-17(23)27/h4-5,8,11-12,14-15,25H,2-3,6-7,9H2,1H3,(H2,20,21,27)(H,22,26,28)(H2,29,30,31)/t11-,12-,14+,15+,19+/m0/s1. The molecule has 4 heterocycles. The van der Waals surface area contributed by atoms with Crippen LogP contribution in [0.25, 0.3) is 0 Å². The molecule has 0 saturated carbocycles. The van der Waals surface area contributed by atoms with Crippen LogP contribution in [0.15, 0.2) is 32.8 Å². The summed E-state index contributed by atoms with van der Waals surface area (Å²) >= 11 is 0. The third-order valence-electron chi connectivity index (χ3n) is 6.18. The Labute approximate surface area is 197 Å². The van der Waals surface area contributed by atoms with Gasteiger partial charge in [-0.15, -0.1) is 0 Å². The number of aromatic nitrogens is 4. The number of anilines is 1. The molecule has 0 bridgehead atoms. The summed E-state index contributed by atoms with van der Waals surface area (Å²) in [6, 6.07) is 1.45. The van der Waals surface area contributed by atoms with E-state index in [1.54, 1.807) is 0 Å². The number of nitrogens with two attached hydrogens (primary N) is 1. The van der Waals surface area contributed by atoms with Crippen LogP contribution in [0.2, 0.25) is 0 Å². The van der Waals surface area contributed by atoms with Crippen LogP contribution in [0.4, 0.5) is 5.82 Å². The number of aliphatic hydroxyl groups excluding tert-OH is 1. The molecule has 0 spiro atoms. The van der Waals surface area contributed by atoms with Crippen LogP contribution in [-0.4, -0.2) is 58.4 Å². The monoisotopic (exact) mass is 515 g/mol. The molecule has 35 heavy (non-hydrogen) atoms. The molecule has 6 N–H and O–H groups in total. The van der Waals surface area contributed by atoms with Gasteiger partial charge >= 0.3 is 19.2 Å². The second-order valence-electron chi connectivity index (χ2n) is 8.63. The molecule has 4 rings (SSSR count). The van der Waals surface area contributed by atoms with Gasteiger partial charge in [-0.1, -0.05) is 0 Å². The average Bonchev–Trinajstić information content (AvgIpc) is 3.35. The largest absolute Gasteiger partial charge is 0.469 e. The zero-order valence-corrected chi connectivity index (χ0v) is 19.5. The van der Waals surface area contributed by atoms with Crippen molar-refractivity contribution in [1.29, 1.82) is 0 Å². The minimum atomic E-state index is -5.01. The van der Waals surface area contributed by atoms with Crippen molar-refractivity contribution in [2.45, 2.75) is 62.9 Å². The highest BCUT2D eigenvalue weighted by molar-refractivity contribution is 7.46. The van der Waals surface area contributed by atoms with Crippen molar-refractivity contribution in [3.63, 3.8) is 0 Å². The van der Waals surface area contributed by atoms with E-state index in [0.29, 0.717) is 12.8 Å². The van der Waals surface area contributed by atoms with Crippen LogP contribution in [0, 0.1) is 6.92 Å². The van der Waals surface area contributed by atoms with Crippen molar-refractivity contribution < 1.29 is 33.5 Å². The van der Waals surface area contributed by atoms with E-state index in [4.69, 9.17) is 19.7 Å². The van der Waals surface area contributed by atoms with Gasteiger partial charge in [0.05, 0.1) is 12.7 Å². The molecule has 0 aliphatic carbocycles. The number of hydrogen-bond donors (Lipinski definition) is 5. The Morgan fingerprint density at radius 2 is 2.03 bits per heavy atom. The topological polar surface area (TPSA) is 221 Å². The van der Waals surface area contributed by atoms with E-state index in [0.717, 1.165) is 4.57 Å². The summed E-state index contributed by atoms with van der Waals surface area (Å²) in [5.41, 5.74) is 2.11. The van der Waals surface area contributed by atoms with Crippen LogP contribution in [0.5, 0.6) is 0 Å². The molecule has 0 radical (unpaired) electrons. The fraction of sp³-hybridized carbons (Fsp3) is 0.579. The number of aryl methyl sites for hydroxylation is 1. The minimum Gasteiger partial charge on any atom is -0.393 e. The van der Waals surface area contributed by atoms with Crippen LogP contribution >= 0.6 is 7.82 Å². The highest BCUT2D eigenvalue weighted by atomic mass is 31.2. The fourth-order valence-corrected chi connectivity index (χ4v) is 5.13. The molecule has 2 fully saturated rings. The predicted molar refractivity (Wildman–Crippen MR) is 118 cm³/mol. The van der Waals surface area contributed by atoms with Gasteiger partial charge in [0.15, 0.2) is 0 Å². The van der Waals surface area contributed by atoms with Gasteiger partial charge in [0.2, 0.25) is 0 Å². The molecule has 0 unspecified atom stereocenters. The van der Waals surface area contributed by atoms with Gasteiger partial charge in [0.25, 0.3) is 5.56 Å². The number of phosphoric acid groups is 1. The molecule has 2 aromatic rings. The molecule has 2 aliphatic heterocycles. The van der Waals surface area contributed by atoms with E-state index in [2.05, 4.69) is 9.97 Å². The Morgan fingerprint density at radius 1 is 1.29 bits per heavy atom. The van der Waals surface area contributed by atoms with Crippen LogP contribution in [0.1, 0.15) is 43.7 Å². The lowest BCUT2D eigenvalue weighted by Gasteiger charge is -2.34. The number of aromatic amines is 1. The molecule has 2 saturated heterocycles. The Kier molecular flexibility index (Phi) is 6.85. The lowest BCUT2D eigenvalue weighted by atomic mass is 9.90. The summed E-state index contributed by atoms with van der Waals surface area (Å²) in [6.45, 7) is 0.770. The second-order valence-corrected chi connectivity index (χ2v) is 9.82.